The average Bonchev–Trinajstić information content (AvgIpc) is 2.41. The van der Waals surface area contributed by atoms with Gasteiger partial charge in [-0.25, -0.2) is 4.79 Å². The third kappa shape index (κ3) is 8.21. The molecule has 152 valence electrons. The summed E-state index contributed by atoms with van der Waals surface area (Å²) in [5.41, 5.74) is 0. The fraction of sp³-hybridized carbons (Fsp3) is 0.667. The summed E-state index contributed by atoms with van der Waals surface area (Å²) in [7, 11) is 0. The lowest BCUT2D eigenvalue weighted by Crippen LogP contribution is -2.61. The van der Waals surface area contributed by atoms with E-state index in [2.05, 4.69) is 28.7 Å². The van der Waals surface area contributed by atoms with Crippen LogP contribution in [-0.2, 0) is 19.1 Å². The Morgan fingerprint density at radius 1 is 1.04 bits per heavy atom. The van der Waals surface area contributed by atoms with Gasteiger partial charge in [0.05, 0.1) is 13.0 Å². The molecular weight excluding hydrogens is 406 g/mol. The summed E-state index contributed by atoms with van der Waals surface area (Å²) in [6.45, 7) is 0.0172. The van der Waals surface area contributed by atoms with Crippen molar-refractivity contribution in [1.29, 1.82) is 0 Å². The molecule has 0 saturated carbocycles. The lowest BCUT2D eigenvalue weighted by atomic mass is 10.2. The van der Waals surface area contributed by atoms with Crippen molar-refractivity contribution in [2.75, 3.05) is 13.2 Å². The summed E-state index contributed by atoms with van der Waals surface area (Å²) in [6, 6.07) is 0. The van der Waals surface area contributed by atoms with Gasteiger partial charge in [0.2, 0.25) is 0 Å². The van der Waals surface area contributed by atoms with Crippen LogP contribution in [0.15, 0.2) is 12.7 Å². The highest BCUT2D eigenvalue weighted by Crippen LogP contribution is 2.37. The third-order valence-corrected chi connectivity index (χ3v) is 2.71. The number of carbonyl (C=O) groups excluding carboxylic acids is 2. The molecule has 0 fully saturated rings. The lowest BCUT2D eigenvalue weighted by Gasteiger charge is -2.33. The van der Waals surface area contributed by atoms with E-state index < -0.39 is 61.3 Å². The van der Waals surface area contributed by atoms with Crippen molar-refractivity contribution >= 4 is 24.5 Å². The van der Waals surface area contributed by atoms with Gasteiger partial charge in [0.25, 0.3) is 5.25 Å². The van der Waals surface area contributed by atoms with E-state index >= 15 is 0 Å². The first kappa shape index (κ1) is 24.4. The molecule has 0 aliphatic carbocycles. The van der Waals surface area contributed by atoms with Gasteiger partial charge < -0.3 is 14.8 Å². The van der Waals surface area contributed by atoms with Gasteiger partial charge in [-0.15, -0.1) is 12.6 Å². The van der Waals surface area contributed by atoms with Crippen LogP contribution in [0.25, 0.3) is 0 Å². The Hall–Kier alpha value is -1.57. The molecule has 26 heavy (non-hydrogen) atoms. The SMILES string of the molecule is C=CC(=O)OC(OCCC(F)(F)S)(C(=O)NCCC(F)(F)F)C(F)(F)F. The predicted octanol–water partition coefficient (Wildman–Crippen LogP) is 2.97. The van der Waals surface area contributed by atoms with Gasteiger partial charge in [0.1, 0.15) is 0 Å². The summed E-state index contributed by atoms with van der Waals surface area (Å²) in [4.78, 5) is 22.9. The van der Waals surface area contributed by atoms with E-state index in [1.165, 1.54) is 5.32 Å². The fourth-order valence-electron chi connectivity index (χ4n) is 1.34. The summed E-state index contributed by atoms with van der Waals surface area (Å²) in [5.74, 6) is -8.60. The minimum atomic E-state index is -5.81. The van der Waals surface area contributed by atoms with Gasteiger partial charge in [-0.05, 0) is 0 Å². The Kier molecular flexibility index (Phi) is 8.35. The zero-order valence-corrected chi connectivity index (χ0v) is 13.6. The highest BCUT2D eigenvalue weighted by atomic mass is 32.1. The molecule has 0 aliphatic heterocycles. The Bertz CT molecular complexity index is 517. The monoisotopic (exact) mass is 419 g/mol. The minimum Gasteiger partial charge on any atom is -0.412 e. The van der Waals surface area contributed by atoms with Crippen LogP contribution in [0.3, 0.4) is 0 Å². The molecule has 1 atom stereocenters. The highest BCUT2D eigenvalue weighted by Gasteiger charge is 2.66. The number of hydrogen-bond donors (Lipinski definition) is 2. The second-order valence-corrected chi connectivity index (χ2v) is 5.28. The predicted molar refractivity (Wildman–Crippen MR) is 73.3 cm³/mol. The lowest BCUT2D eigenvalue weighted by molar-refractivity contribution is -0.347. The van der Waals surface area contributed by atoms with Crippen LogP contribution < -0.4 is 5.32 Å². The summed E-state index contributed by atoms with van der Waals surface area (Å²) in [5, 5.41) is -2.54. The van der Waals surface area contributed by atoms with Gasteiger partial charge in [-0.3, -0.25) is 4.79 Å². The second kappa shape index (κ2) is 8.88. The second-order valence-electron chi connectivity index (χ2n) is 4.62. The van der Waals surface area contributed by atoms with Crippen molar-refractivity contribution < 1.29 is 54.2 Å². The van der Waals surface area contributed by atoms with E-state index in [0.29, 0.717) is 0 Å². The van der Waals surface area contributed by atoms with Crippen LogP contribution in [0.4, 0.5) is 35.1 Å². The van der Waals surface area contributed by atoms with Gasteiger partial charge in [0, 0.05) is 19.0 Å². The largest absolute Gasteiger partial charge is 0.466 e. The zero-order valence-electron chi connectivity index (χ0n) is 12.7. The van der Waals surface area contributed by atoms with E-state index in [-0.39, 0.29) is 6.08 Å². The van der Waals surface area contributed by atoms with Crippen molar-refractivity contribution in [3.8, 4) is 0 Å². The van der Waals surface area contributed by atoms with Crippen LogP contribution in [0, 0.1) is 0 Å². The molecule has 0 aromatic heterocycles. The molecule has 0 bridgehead atoms. The molecule has 5 nitrogen and oxygen atoms in total. The molecule has 0 aromatic carbocycles. The summed E-state index contributed by atoms with van der Waals surface area (Å²) < 4.78 is 109. The van der Waals surface area contributed by atoms with Gasteiger partial charge in [-0.1, -0.05) is 6.58 Å². The van der Waals surface area contributed by atoms with E-state index in [9.17, 15) is 44.7 Å². The number of ether oxygens (including phenoxy) is 2. The number of nitrogens with one attached hydrogen (secondary N) is 1. The van der Waals surface area contributed by atoms with Crippen molar-refractivity contribution in [2.24, 2.45) is 0 Å². The Morgan fingerprint density at radius 3 is 1.96 bits per heavy atom. The first-order chi connectivity index (χ1) is 11.5. The fourth-order valence-corrected chi connectivity index (χ4v) is 1.44. The van der Waals surface area contributed by atoms with Crippen molar-refractivity contribution in [2.45, 2.75) is 36.2 Å². The maximum atomic E-state index is 13.3. The summed E-state index contributed by atoms with van der Waals surface area (Å²) >= 11 is 2.74. The van der Waals surface area contributed by atoms with Crippen LogP contribution in [0.5, 0.6) is 0 Å². The zero-order chi connectivity index (χ0) is 20.8. The number of esters is 1. The highest BCUT2D eigenvalue weighted by molar-refractivity contribution is 7.81. The van der Waals surface area contributed by atoms with E-state index in [0.717, 1.165) is 0 Å². The normalized spacial score (nSPS) is 15.1. The standard InChI is InChI=1S/C12H13F8NO4S/c1-2-7(22)25-11(12(18,19)20,24-6-4-10(16,17)26)8(23)21-5-3-9(13,14)15/h2,26H,1,3-6H2,(H,21,23). The molecule has 0 rings (SSSR count). The van der Waals surface area contributed by atoms with Gasteiger partial charge >= 0.3 is 30.0 Å². The van der Waals surface area contributed by atoms with E-state index in [4.69, 9.17) is 0 Å². The molecule has 0 spiro atoms. The van der Waals surface area contributed by atoms with Gasteiger partial charge in [0.15, 0.2) is 0 Å². The molecule has 0 radical (unpaired) electrons. The third-order valence-electron chi connectivity index (χ3n) is 2.49. The van der Waals surface area contributed by atoms with Crippen molar-refractivity contribution in [3.05, 3.63) is 12.7 Å². The molecule has 1 amide bonds. The van der Waals surface area contributed by atoms with Crippen LogP contribution >= 0.6 is 12.6 Å². The molecule has 1 N–H and O–H groups in total. The maximum Gasteiger partial charge on any atom is 0.466 e. The molecule has 1 unspecified atom stereocenters. The number of thiol groups is 1. The number of carbonyl (C=O) groups is 2. The summed E-state index contributed by atoms with van der Waals surface area (Å²) in [6.07, 6.45) is -13.5. The topological polar surface area (TPSA) is 64.6 Å². The number of alkyl halides is 8. The Labute approximate surface area is 147 Å². The maximum absolute atomic E-state index is 13.3. The molecule has 0 heterocycles. The molecule has 14 heteroatoms. The quantitative estimate of drug-likeness (QED) is 0.198. The molecular formula is C12H13F8NO4S. The van der Waals surface area contributed by atoms with Gasteiger partial charge in [-0.2, -0.15) is 35.1 Å². The number of halogens is 8. The average molecular weight is 419 g/mol. The number of amides is 1. The molecule has 0 aromatic rings. The first-order valence-electron chi connectivity index (χ1n) is 6.55. The van der Waals surface area contributed by atoms with Crippen LogP contribution in [-0.4, -0.2) is 48.4 Å². The molecule has 0 saturated heterocycles. The number of hydrogen-bond acceptors (Lipinski definition) is 5. The number of rotatable bonds is 9. The van der Waals surface area contributed by atoms with Crippen molar-refractivity contribution in [3.63, 3.8) is 0 Å². The Morgan fingerprint density at radius 2 is 1.58 bits per heavy atom. The van der Waals surface area contributed by atoms with E-state index in [1.807, 2.05) is 0 Å². The smallest absolute Gasteiger partial charge is 0.412 e. The van der Waals surface area contributed by atoms with Crippen LogP contribution in [0.2, 0.25) is 0 Å². The first-order valence-corrected chi connectivity index (χ1v) is 7.00. The Balaban J connectivity index is 5.53. The van der Waals surface area contributed by atoms with Crippen LogP contribution in [0.1, 0.15) is 12.8 Å². The minimum absolute atomic E-state index is 0.208. The van der Waals surface area contributed by atoms with E-state index in [1.54, 1.807) is 0 Å². The van der Waals surface area contributed by atoms with Crippen molar-refractivity contribution in [1.82, 2.24) is 5.32 Å². The molecule has 0 aliphatic rings.